The van der Waals surface area contributed by atoms with Gasteiger partial charge in [-0.05, 0) is 48.2 Å². The molecule has 0 aliphatic carbocycles. The number of hydrogen-bond acceptors (Lipinski definition) is 1. The van der Waals surface area contributed by atoms with Crippen LogP contribution in [0.3, 0.4) is 0 Å². The first kappa shape index (κ1) is 12.4. The van der Waals surface area contributed by atoms with Gasteiger partial charge >= 0.3 is 0 Å². The van der Waals surface area contributed by atoms with Crippen molar-refractivity contribution in [3.05, 3.63) is 71.0 Å². The fourth-order valence-electron chi connectivity index (χ4n) is 2.80. The molecular formula is C17H18FN. The molecule has 0 aromatic heterocycles. The number of nitrogens with zero attached hydrogens (tertiary/aromatic N) is 1. The topological polar surface area (TPSA) is 3.24 Å². The first-order valence-corrected chi connectivity index (χ1v) is 6.85. The van der Waals surface area contributed by atoms with Crippen molar-refractivity contribution >= 4 is 0 Å². The number of halogens is 1. The largest absolute Gasteiger partial charge is 0.295 e. The van der Waals surface area contributed by atoms with Crippen LogP contribution >= 0.6 is 0 Å². The van der Waals surface area contributed by atoms with Gasteiger partial charge in [-0.3, -0.25) is 4.90 Å². The molecule has 0 atom stereocenters. The molecule has 19 heavy (non-hydrogen) atoms. The predicted molar refractivity (Wildman–Crippen MR) is 75.3 cm³/mol. The maximum Gasteiger partial charge on any atom is 0.123 e. The van der Waals surface area contributed by atoms with Crippen LogP contribution in [0.25, 0.3) is 0 Å². The molecule has 0 amide bonds. The molecule has 0 spiro atoms. The van der Waals surface area contributed by atoms with E-state index in [2.05, 4.69) is 29.2 Å². The molecule has 0 unspecified atom stereocenters. The van der Waals surface area contributed by atoms with Crippen LogP contribution in [0.15, 0.2) is 48.5 Å². The summed E-state index contributed by atoms with van der Waals surface area (Å²) in [5, 5.41) is 0. The second-order valence-electron chi connectivity index (χ2n) is 5.21. The van der Waals surface area contributed by atoms with Crippen molar-refractivity contribution in [3.8, 4) is 0 Å². The van der Waals surface area contributed by atoms with E-state index < -0.39 is 0 Å². The maximum absolute atomic E-state index is 13.2. The van der Waals surface area contributed by atoms with Crippen LogP contribution in [0.5, 0.6) is 0 Å². The standard InChI is InChI=1S/C17H18FN/c18-17-9-3-5-14(11-17)12-19-10-4-8-15-6-1-2-7-16(15)13-19/h1-3,5-7,9,11H,4,8,10,12-13H2. The summed E-state index contributed by atoms with van der Waals surface area (Å²) < 4.78 is 13.2. The highest BCUT2D eigenvalue weighted by Gasteiger charge is 2.14. The Morgan fingerprint density at radius 2 is 1.84 bits per heavy atom. The van der Waals surface area contributed by atoms with Crippen LogP contribution in [-0.4, -0.2) is 11.4 Å². The van der Waals surface area contributed by atoms with Crippen LogP contribution in [-0.2, 0) is 19.5 Å². The van der Waals surface area contributed by atoms with Crippen molar-refractivity contribution in [2.24, 2.45) is 0 Å². The second-order valence-corrected chi connectivity index (χ2v) is 5.21. The minimum Gasteiger partial charge on any atom is -0.295 e. The van der Waals surface area contributed by atoms with E-state index in [1.807, 2.05) is 6.07 Å². The van der Waals surface area contributed by atoms with E-state index in [1.54, 1.807) is 12.1 Å². The molecule has 0 N–H and O–H groups in total. The molecule has 3 rings (SSSR count). The van der Waals surface area contributed by atoms with Gasteiger partial charge in [-0.1, -0.05) is 36.4 Å². The zero-order chi connectivity index (χ0) is 13.1. The van der Waals surface area contributed by atoms with Gasteiger partial charge in [0.05, 0.1) is 0 Å². The molecule has 1 nitrogen and oxygen atoms in total. The fraction of sp³-hybridized carbons (Fsp3) is 0.294. The van der Waals surface area contributed by atoms with Crippen molar-refractivity contribution in [1.29, 1.82) is 0 Å². The van der Waals surface area contributed by atoms with Crippen LogP contribution < -0.4 is 0 Å². The summed E-state index contributed by atoms with van der Waals surface area (Å²) in [5.74, 6) is -0.146. The molecular weight excluding hydrogens is 237 g/mol. The lowest BCUT2D eigenvalue weighted by Gasteiger charge is -2.20. The van der Waals surface area contributed by atoms with E-state index >= 15 is 0 Å². The van der Waals surface area contributed by atoms with E-state index in [0.29, 0.717) is 0 Å². The first-order chi connectivity index (χ1) is 9.31. The summed E-state index contributed by atoms with van der Waals surface area (Å²) in [6.07, 6.45) is 2.32. The second kappa shape index (κ2) is 5.54. The Labute approximate surface area is 113 Å². The van der Waals surface area contributed by atoms with Crippen molar-refractivity contribution in [3.63, 3.8) is 0 Å². The number of rotatable bonds is 2. The van der Waals surface area contributed by atoms with Crippen molar-refractivity contribution in [2.45, 2.75) is 25.9 Å². The summed E-state index contributed by atoms with van der Waals surface area (Å²) in [4.78, 5) is 2.40. The molecule has 0 bridgehead atoms. The summed E-state index contributed by atoms with van der Waals surface area (Å²) in [6.45, 7) is 2.87. The molecule has 0 saturated heterocycles. The highest BCUT2D eigenvalue weighted by atomic mass is 19.1. The normalized spacial score (nSPS) is 15.8. The average Bonchev–Trinajstić information content (AvgIpc) is 2.60. The third kappa shape index (κ3) is 3.02. The Balaban J connectivity index is 1.76. The molecule has 1 aliphatic rings. The molecule has 0 radical (unpaired) electrons. The molecule has 1 aliphatic heterocycles. The van der Waals surface area contributed by atoms with Crippen LogP contribution in [0.4, 0.5) is 4.39 Å². The summed E-state index contributed by atoms with van der Waals surface area (Å²) >= 11 is 0. The van der Waals surface area contributed by atoms with Crippen LogP contribution in [0.1, 0.15) is 23.1 Å². The Kier molecular flexibility index (Phi) is 3.60. The van der Waals surface area contributed by atoms with E-state index in [4.69, 9.17) is 0 Å². The van der Waals surface area contributed by atoms with E-state index in [9.17, 15) is 4.39 Å². The van der Waals surface area contributed by atoms with E-state index in [0.717, 1.165) is 31.6 Å². The van der Waals surface area contributed by atoms with Gasteiger partial charge in [0.1, 0.15) is 5.82 Å². The third-order valence-corrected chi connectivity index (χ3v) is 3.73. The number of hydrogen-bond donors (Lipinski definition) is 0. The van der Waals surface area contributed by atoms with Crippen molar-refractivity contribution < 1.29 is 4.39 Å². The predicted octanol–water partition coefficient (Wildman–Crippen LogP) is 3.77. The zero-order valence-corrected chi connectivity index (χ0v) is 11.0. The molecule has 1 heterocycles. The van der Waals surface area contributed by atoms with E-state index in [1.165, 1.54) is 23.6 Å². The van der Waals surface area contributed by atoms with Gasteiger partial charge in [-0.2, -0.15) is 0 Å². The average molecular weight is 255 g/mol. The van der Waals surface area contributed by atoms with Gasteiger partial charge in [0.25, 0.3) is 0 Å². The summed E-state index contributed by atoms with van der Waals surface area (Å²) in [5.41, 5.74) is 3.93. The van der Waals surface area contributed by atoms with Gasteiger partial charge in [0, 0.05) is 13.1 Å². The quantitative estimate of drug-likeness (QED) is 0.789. The molecule has 2 aromatic rings. The summed E-state index contributed by atoms with van der Waals surface area (Å²) in [7, 11) is 0. The molecule has 2 heteroatoms. The lowest BCUT2D eigenvalue weighted by atomic mass is 10.0. The molecule has 0 fully saturated rings. The SMILES string of the molecule is Fc1cccc(CN2CCCc3ccccc3C2)c1. The lowest BCUT2D eigenvalue weighted by molar-refractivity contribution is 0.260. The van der Waals surface area contributed by atoms with E-state index in [-0.39, 0.29) is 5.82 Å². The maximum atomic E-state index is 13.2. The zero-order valence-electron chi connectivity index (χ0n) is 11.0. The first-order valence-electron chi connectivity index (χ1n) is 6.85. The lowest BCUT2D eigenvalue weighted by Crippen LogP contribution is -2.22. The van der Waals surface area contributed by atoms with Gasteiger partial charge < -0.3 is 0 Å². The Morgan fingerprint density at radius 1 is 1.00 bits per heavy atom. The Bertz CT molecular complexity index is 565. The number of fused-ring (bicyclic) bond motifs is 1. The minimum absolute atomic E-state index is 0.146. The number of benzene rings is 2. The smallest absolute Gasteiger partial charge is 0.123 e. The minimum atomic E-state index is -0.146. The van der Waals surface area contributed by atoms with Gasteiger partial charge in [0.2, 0.25) is 0 Å². The van der Waals surface area contributed by atoms with Crippen LogP contribution in [0.2, 0.25) is 0 Å². The van der Waals surface area contributed by atoms with Crippen molar-refractivity contribution in [1.82, 2.24) is 4.90 Å². The number of aryl methyl sites for hydroxylation is 1. The van der Waals surface area contributed by atoms with Gasteiger partial charge in [-0.15, -0.1) is 0 Å². The fourth-order valence-corrected chi connectivity index (χ4v) is 2.80. The van der Waals surface area contributed by atoms with Crippen LogP contribution in [0, 0.1) is 5.82 Å². The van der Waals surface area contributed by atoms with Gasteiger partial charge in [-0.25, -0.2) is 4.39 Å². The highest BCUT2D eigenvalue weighted by molar-refractivity contribution is 5.28. The van der Waals surface area contributed by atoms with Gasteiger partial charge in [0.15, 0.2) is 0 Å². The Hall–Kier alpha value is -1.67. The highest BCUT2D eigenvalue weighted by Crippen LogP contribution is 2.20. The molecule has 2 aromatic carbocycles. The Morgan fingerprint density at radius 3 is 2.68 bits per heavy atom. The molecule has 98 valence electrons. The molecule has 0 saturated carbocycles. The monoisotopic (exact) mass is 255 g/mol. The summed E-state index contributed by atoms with van der Waals surface area (Å²) in [6, 6.07) is 15.6. The van der Waals surface area contributed by atoms with Crippen molar-refractivity contribution in [2.75, 3.05) is 6.54 Å². The third-order valence-electron chi connectivity index (χ3n) is 3.73.